The number of halogens is 1. The van der Waals surface area contributed by atoms with E-state index < -0.39 is 5.97 Å². The van der Waals surface area contributed by atoms with E-state index in [0.29, 0.717) is 17.1 Å². The Morgan fingerprint density at radius 1 is 1.45 bits per heavy atom. The number of phenolic OH excluding ortho intramolecular Hbond substituents is 1. The molecule has 0 aliphatic heterocycles. The summed E-state index contributed by atoms with van der Waals surface area (Å²) in [6, 6.07) is 1.46. The number of aromatic hydroxyl groups is 1. The molecule has 1 aliphatic rings. The number of phenols is 1. The highest BCUT2D eigenvalue weighted by Crippen LogP contribution is 2.53. The van der Waals surface area contributed by atoms with E-state index >= 15 is 0 Å². The van der Waals surface area contributed by atoms with Crippen molar-refractivity contribution in [2.24, 2.45) is 5.92 Å². The Hall–Kier alpha value is -1.62. The van der Waals surface area contributed by atoms with E-state index in [1.54, 1.807) is 0 Å². The molecular formula is C14H17ClO5. The number of carboxylic acid groups (broad SMARTS) is 1. The maximum atomic E-state index is 11.1. The van der Waals surface area contributed by atoms with Gasteiger partial charge in [-0.3, -0.25) is 4.79 Å². The van der Waals surface area contributed by atoms with Crippen molar-refractivity contribution in [1.29, 1.82) is 0 Å². The van der Waals surface area contributed by atoms with Gasteiger partial charge in [0, 0.05) is 17.5 Å². The first-order valence-electron chi connectivity index (χ1n) is 6.34. The topological polar surface area (TPSA) is 76.0 Å². The maximum Gasteiger partial charge on any atom is 0.303 e. The Morgan fingerprint density at radius 3 is 2.55 bits per heavy atom. The molecule has 2 rings (SSSR count). The van der Waals surface area contributed by atoms with Crippen LogP contribution in [0.15, 0.2) is 6.07 Å². The first-order valence-corrected chi connectivity index (χ1v) is 6.72. The van der Waals surface area contributed by atoms with Crippen LogP contribution < -0.4 is 9.47 Å². The smallest absolute Gasteiger partial charge is 0.303 e. The maximum absolute atomic E-state index is 11.1. The van der Waals surface area contributed by atoms with Gasteiger partial charge in [0.1, 0.15) is 5.75 Å². The SMILES string of the molecule is COc1cc(Cl)c(O)c(C(CC(=O)O)C2CC2)c1OC. The highest BCUT2D eigenvalue weighted by atomic mass is 35.5. The van der Waals surface area contributed by atoms with E-state index in [0.717, 1.165) is 12.8 Å². The van der Waals surface area contributed by atoms with Gasteiger partial charge in [0.15, 0.2) is 11.5 Å². The largest absolute Gasteiger partial charge is 0.506 e. The van der Waals surface area contributed by atoms with E-state index in [-0.39, 0.29) is 29.0 Å². The average Bonchev–Trinajstić information content (AvgIpc) is 3.22. The van der Waals surface area contributed by atoms with Crippen molar-refractivity contribution in [1.82, 2.24) is 0 Å². The van der Waals surface area contributed by atoms with Crippen molar-refractivity contribution in [3.05, 3.63) is 16.7 Å². The highest BCUT2D eigenvalue weighted by Gasteiger charge is 2.38. The highest BCUT2D eigenvalue weighted by molar-refractivity contribution is 6.32. The van der Waals surface area contributed by atoms with Gasteiger partial charge in [-0.2, -0.15) is 0 Å². The minimum absolute atomic E-state index is 0.0713. The van der Waals surface area contributed by atoms with Crippen LogP contribution >= 0.6 is 11.6 Å². The summed E-state index contributed by atoms with van der Waals surface area (Å²) in [5.41, 5.74) is 0.432. The zero-order chi connectivity index (χ0) is 14.9. The van der Waals surface area contributed by atoms with Gasteiger partial charge in [0.05, 0.1) is 25.7 Å². The van der Waals surface area contributed by atoms with Crippen LogP contribution in [0.25, 0.3) is 0 Å². The van der Waals surface area contributed by atoms with Gasteiger partial charge < -0.3 is 19.7 Å². The Morgan fingerprint density at radius 2 is 2.10 bits per heavy atom. The molecule has 110 valence electrons. The standard InChI is InChI=1S/C14H17ClO5/c1-19-10-6-9(15)13(18)12(14(10)20-2)8(5-11(16)17)7-3-4-7/h6-8,18H,3-5H2,1-2H3,(H,16,17). The first kappa shape index (κ1) is 14.8. The van der Waals surface area contributed by atoms with E-state index in [2.05, 4.69) is 0 Å². The van der Waals surface area contributed by atoms with Crippen LogP contribution in [0.1, 0.15) is 30.7 Å². The number of methoxy groups -OCH3 is 2. The molecule has 20 heavy (non-hydrogen) atoms. The normalized spacial score (nSPS) is 15.8. The van der Waals surface area contributed by atoms with Crippen LogP contribution in [0, 0.1) is 5.92 Å². The third kappa shape index (κ3) is 2.77. The molecular weight excluding hydrogens is 284 g/mol. The lowest BCUT2D eigenvalue weighted by Crippen LogP contribution is -2.11. The number of rotatable bonds is 6. The molecule has 0 amide bonds. The molecule has 1 fully saturated rings. The molecule has 0 heterocycles. The lowest BCUT2D eigenvalue weighted by Gasteiger charge is -2.21. The quantitative estimate of drug-likeness (QED) is 0.844. The fourth-order valence-electron chi connectivity index (χ4n) is 2.52. The Balaban J connectivity index is 2.56. The molecule has 2 N–H and O–H groups in total. The molecule has 1 atom stereocenters. The van der Waals surface area contributed by atoms with Crippen LogP contribution in [0.5, 0.6) is 17.2 Å². The fraction of sp³-hybridized carbons (Fsp3) is 0.500. The summed E-state index contributed by atoms with van der Waals surface area (Å²) in [7, 11) is 2.93. The molecule has 0 spiro atoms. The molecule has 1 aromatic rings. The summed E-state index contributed by atoms with van der Waals surface area (Å²) in [5.74, 6) is -0.386. The molecule has 0 aromatic heterocycles. The lowest BCUT2D eigenvalue weighted by molar-refractivity contribution is -0.137. The van der Waals surface area contributed by atoms with Gasteiger partial charge in [-0.15, -0.1) is 0 Å². The number of ether oxygens (including phenoxy) is 2. The number of aliphatic carboxylic acids is 1. The third-order valence-corrected chi connectivity index (χ3v) is 3.88. The number of hydrogen-bond acceptors (Lipinski definition) is 4. The predicted octanol–water partition coefficient (Wildman–Crippen LogP) is 3.03. The molecule has 1 unspecified atom stereocenters. The Bertz CT molecular complexity index is 525. The minimum atomic E-state index is -0.915. The molecule has 0 saturated heterocycles. The Kier molecular flexibility index (Phi) is 4.28. The molecule has 0 bridgehead atoms. The van der Waals surface area contributed by atoms with Gasteiger partial charge in [0.2, 0.25) is 0 Å². The summed E-state index contributed by atoms with van der Waals surface area (Å²) in [6.45, 7) is 0. The summed E-state index contributed by atoms with van der Waals surface area (Å²) in [5, 5.41) is 19.4. The number of hydrogen-bond donors (Lipinski definition) is 2. The van der Waals surface area contributed by atoms with Crippen molar-refractivity contribution in [2.75, 3.05) is 14.2 Å². The van der Waals surface area contributed by atoms with Crippen LogP contribution in [-0.4, -0.2) is 30.4 Å². The average molecular weight is 301 g/mol. The van der Waals surface area contributed by atoms with Crippen molar-refractivity contribution in [3.8, 4) is 17.2 Å². The van der Waals surface area contributed by atoms with Gasteiger partial charge in [-0.1, -0.05) is 11.6 Å². The third-order valence-electron chi connectivity index (χ3n) is 3.59. The van der Waals surface area contributed by atoms with E-state index in [1.165, 1.54) is 20.3 Å². The van der Waals surface area contributed by atoms with Crippen LogP contribution in [0.2, 0.25) is 5.02 Å². The second kappa shape index (κ2) is 5.79. The summed E-state index contributed by atoms with van der Waals surface area (Å²) in [6.07, 6.45) is 1.81. The van der Waals surface area contributed by atoms with Crippen molar-refractivity contribution >= 4 is 17.6 Å². The fourth-order valence-corrected chi connectivity index (χ4v) is 2.72. The van der Waals surface area contributed by atoms with Gasteiger partial charge in [-0.05, 0) is 18.8 Å². The van der Waals surface area contributed by atoms with Crippen LogP contribution in [-0.2, 0) is 4.79 Å². The minimum Gasteiger partial charge on any atom is -0.506 e. The van der Waals surface area contributed by atoms with E-state index in [9.17, 15) is 9.90 Å². The second-order valence-corrected chi connectivity index (χ2v) is 5.31. The predicted molar refractivity (Wildman–Crippen MR) is 73.9 cm³/mol. The molecule has 0 radical (unpaired) electrons. The van der Waals surface area contributed by atoms with E-state index in [4.69, 9.17) is 26.2 Å². The molecule has 1 aromatic carbocycles. The summed E-state index contributed by atoms with van der Waals surface area (Å²) in [4.78, 5) is 11.1. The number of carboxylic acids is 1. The van der Waals surface area contributed by atoms with Crippen molar-refractivity contribution < 1.29 is 24.5 Å². The number of carbonyl (C=O) groups is 1. The molecule has 6 heteroatoms. The number of benzene rings is 1. The van der Waals surface area contributed by atoms with Crippen LogP contribution in [0.3, 0.4) is 0 Å². The lowest BCUT2D eigenvalue weighted by atomic mass is 9.89. The molecule has 1 aliphatic carbocycles. The first-order chi connectivity index (χ1) is 9.49. The molecule has 1 saturated carbocycles. The summed E-state index contributed by atoms with van der Waals surface area (Å²) < 4.78 is 10.5. The van der Waals surface area contributed by atoms with Crippen molar-refractivity contribution in [2.45, 2.75) is 25.2 Å². The zero-order valence-corrected chi connectivity index (χ0v) is 12.1. The van der Waals surface area contributed by atoms with Gasteiger partial charge in [0.25, 0.3) is 0 Å². The van der Waals surface area contributed by atoms with Crippen LogP contribution in [0.4, 0.5) is 0 Å². The van der Waals surface area contributed by atoms with Crippen molar-refractivity contribution in [3.63, 3.8) is 0 Å². The van der Waals surface area contributed by atoms with E-state index in [1.807, 2.05) is 0 Å². The Labute approximate surface area is 122 Å². The zero-order valence-electron chi connectivity index (χ0n) is 11.4. The van der Waals surface area contributed by atoms with Gasteiger partial charge >= 0.3 is 5.97 Å². The van der Waals surface area contributed by atoms with Gasteiger partial charge in [-0.25, -0.2) is 0 Å². The monoisotopic (exact) mass is 300 g/mol. The summed E-state index contributed by atoms with van der Waals surface area (Å²) >= 11 is 6.00. The molecule has 5 nitrogen and oxygen atoms in total. The second-order valence-electron chi connectivity index (χ2n) is 4.90.